The Balaban J connectivity index is 0.00000102. The molecule has 16 nitrogen and oxygen atoms in total. The molecule has 0 spiro atoms. The zero-order chi connectivity index (χ0) is 34.7. The minimum Gasteiger partial charge on any atom is -0.510 e. The Morgan fingerprint density at radius 3 is 2.07 bits per heavy atom. The number of primary amides is 1. The minimum absolute atomic E-state index is 0.0802. The maximum Gasteiger partial charge on any atom is 0.471 e. The fourth-order valence-electron chi connectivity index (χ4n) is 5.99. The molecule has 1 aromatic rings. The predicted octanol–water partition coefficient (Wildman–Crippen LogP) is 0.0346. The number of amides is 2. The van der Waals surface area contributed by atoms with Gasteiger partial charge in [-0.25, -0.2) is 0 Å². The number of aliphatic hydroxyl groups excluding tert-OH is 2. The van der Waals surface area contributed by atoms with E-state index in [-0.39, 0.29) is 24.1 Å². The standard InChI is InChI=1S/C25H27F3N4O8.H2O4S/c1-31(2)12-7-11(30-23(39)25(26,27)28)17(33)14-9(12)5-8-6-10-16(32(3)4)19(35)15(22(29)38)21(37)24(10,40)20(36)13(8)18(14)34;1-5(2,3)4/h7-8,10,16,33,35-36,40H,5-6H2,1-4H3,(H2,29,38)(H,30,39);(H2,1,2,3,4)/t8?,10?,16-,24-;/m0./s1. The van der Waals surface area contributed by atoms with Gasteiger partial charge in [-0.3, -0.25) is 33.2 Å². The zero-order valence-corrected chi connectivity index (χ0v) is 24.7. The lowest BCUT2D eigenvalue weighted by atomic mass is 9.58. The van der Waals surface area contributed by atoms with Crippen LogP contribution in [0.1, 0.15) is 22.3 Å². The molecule has 3 aliphatic rings. The van der Waals surface area contributed by atoms with Crippen LogP contribution in [0.4, 0.5) is 24.5 Å². The van der Waals surface area contributed by atoms with Gasteiger partial charge in [-0.05, 0) is 44.5 Å². The van der Waals surface area contributed by atoms with Crippen molar-refractivity contribution in [1.82, 2.24) is 4.90 Å². The number of benzene rings is 1. The van der Waals surface area contributed by atoms with Crippen molar-refractivity contribution in [2.45, 2.75) is 30.7 Å². The van der Waals surface area contributed by atoms with Crippen molar-refractivity contribution in [2.75, 3.05) is 38.4 Å². The molecule has 0 fully saturated rings. The minimum atomic E-state index is -5.31. The number of carbonyl (C=O) groups excluding carboxylic acids is 4. The monoisotopic (exact) mass is 666 g/mol. The Bertz CT molecular complexity index is 1660. The molecule has 0 heterocycles. The first kappa shape index (κ1) is 35.2. The number of nitrogens with two attached hydrogens (primary N) is 1. The second-order valence-corrected chi connectivity index (χ2v) is 11.8. The number of nitrogens with one attached hydrogen (secondary N) is 1. The van der Waals surface area contributed by atoms with Crippen LogP contribution in [0.25, 0.3) is 0 Å². The lowest BCUT2D eigenvalue weighted by Crippen LogP contribution is -2.63. The Kier molecular flexibility index (Phi) is 9.08. The van der Waals surface area contributed by atoms with Crippen LogP contribution in [-0.4, -0.2) is 112 Å². The summed E-state index contributed by atoms with van der Waals surface area (Å²) in [6.45, 7) is 0. The van der Waals surface area contributed by atoms with Gasteiger partial charge in [0.25, 0.3) is 5.91 Å². The third-order valence-electron chi connectivity index (χ3n) is 7.69. The molecular weight excluding hydrogens is 637 g/mol. The highest BCUT2D eigenvalue weighted by molar-refractivity contribution is 7.79. The molecule has 20 heteroatoms. The summed E-state index contributed by atoms with van der Waals surface area (Å²) in [4.78, 5) is 53.6. The molecule has 1 aromatic carbocycles. The molecule has 4 atom stereocenters. The lowest BCUT2D eigenvalue weighted by Gasteiger charge is -2.50. The summed E-state index contributed by atoms with van der Waals surface area (Å²) in [6, 6.07) is -0.105. The molecule has 248 valence electrons. The SMILES string of the molecule is CN(C)c1cc(NC(=O)C(F)(F)F)c(O)c2c1CC1CC3[C@H](N(C)C)C(O)=C(C(N)=O)C(=O)[C@@]3(O)C(O)=C1C2=O.O=S(=O)(O)O. The van der Waals surface area contributed by atoms with Gasteiger partial charge in [-0.2, -0.15) is 21.6 Å². The number of phenols is 1. The summed E-state index contributed by atoms with van der Waals surface area (Å²) in [6.07, 6.45) is -5.55. The number of rotatable bonds is 4. The molecule has 2 amide bonds. The highest BCUT2D eigenvalue weighted by Crippen LogP contribution is 2.54. The molecule has 0 aromatic heterocycles. The van der Waals surface area contributed by atoms with E-state index in [0.717, 1.165) is 6.07 Å². The highest BCUT2D eigenvalue weighted by atomic mass is 32.3. The van der Waals surface area contributed by atoms with Gasteiger partial charge in [0.2, 0.25) is 5.78 Å². The van der Waals surface area contributed by atoms with Crippen LogP contribution in [-0.2, 0) is 31.2 Å². The Morgan fingerprint density at radius 2 is 1.62 bits per heavy atom. The predicted molar refractivity (Wildman–Crippen MR) is 147 cm³/mol. The number of nitrogens with zero attached hydrogens (tertiary/aromatic N) is 2. The van der Waals surface area contributed by atoms with Crippen molar-refractivity contribution in [3.63, 3.8) is 0 Å². The first-order valence-electron chi connectivity index (χ1n) is 12.6. The number of carbonyl (C=O) groups is 4. The number of aromatic hydroxyl groups is 1. The Labute approximate surface area is 252 Å². The van der Waals surface area contributed by atoms with Crippen molar-refractivity contribution < 1.29 is 70.3 Å². The van der Waals surface area contributed by atoms with Crippen molar-refractivity contribution in [3.8, 4) is 5.75 Å². The highest BCUT2D eigenvalue weighted by Gasteiger charge is 2.63. The number of alkyl halides is 3. The smallest absolute Gasteiger partial charge is 0.471 e. The molecule has 9 N–H and O–H groups in total. The van der Waals surface area contributed by atoms with E-state index in [1.165, 1.54) is 43.3 Å². The average molecular weight is 667 g/mol. The molecule has 0 saturated heterocycles. The van der Waals surface area contributed by atoms with E-state index in [1.807, 2.05) is 0 Å². The largest absolute Gasteiger partial charge is 0.510 e. The summed E-state index contributed by atoms with van der Waals surface area (Å²) < 4.78 is 70.4. The molecule has 0 radical (unpaired) electrons. The molecule has 2 unspecified atom stereocenters. The average Bonchev–Trinajstić information content (AvgIpc) is 2.85. The second kappa shape index (κ2) is 11.6. The zero-order valence-electron chi connectivity index (χ0n) is 23.9. The van der Waals surface area contributed by atoms with Gasteiger partial charge in [0, 0.05) is 31.3 Å². The third-order valence-corrected chi connectivity index (χ3v) is 7.69. The Morgan fingerprint density at radius 1 is 1.09 bits per heavy atom. The number of allylic oxidation sites excluding steroid dienone is 1. The van der Waals surface area contributed by atoms with Crippen molar-refractivity contribution >= 4 is 45.2 Å². The van der Waals surface area contributed by atoms with Crippen molar-refractivity contribution in [3.05, 3.63) is 39.9 Å². The van der Waals surface area contributed by atoms with E-state index in [2.05, 4.69) is 0 Å². The van der Waals surface area contributed by atoms with Crippen LogP contribution >= 0.6 is 0 Å². The molecule has 0 saturated carbocycles. The number of Topliss-reactive ketones (excluding diaryl/α,β-unsaturated/α-hetero) is 2. The number of likely N-dealkylation sites (N-methyl/N-ethyl adjacent to an activating group) is 1. The topological polar surface area (TPSA) is 268 Å². The van der Waals surface area contributed by atoms with Crippen LogP contribution < -0.4 is 16.0 Å². The van der Waals surface area contributed by atoms with Crippen molar-refractivity contribution in [1.29, 1.82) is 0 Å². The summed E-state index contributed by atoms with van der Waals surface area (Å²) in [7, 11) is 1.36. The fraction of sp³-hybridized carbons (Fsp3) is 0.440. The third kappa shape index (κ3) is 6.18. The number of hydrogen-bond acceptors (Lipinski definition) is 12. The Hall–Kier alpha value is -4.24. The lowest BCUT2D eigenvalue weighted by molar-refractivity contribution is -0.167. The normalized spacial score (nSPS) is 24.7. The van der Waals surface area contributed by atoms with Crippen LogP contribution in [0.5, 0.6) is 5.75 Å². The summed E-state index contributed by atoms with van der Waals surface area (Å²) in [5.41, 5.74) is 0.0646. The van der Waals surface area contributed by atoms with Crippen molar-refractivity contribution in [2.24, 2.45) is 17.6 Å². The summed E-state index contributed by atoms with van der Waals surface area (Å²) >= 11 is 0. The van der Waals surface area contributed by atoms with Crippen LogP contribution in [0.2, 0.25) is 0 Å². The first-order valence-corrected chi connectivity index (χ1v) is 14.0. The molecule has 0 aliphatic heterocycles. The number of fused-ring (bicyclic) bond motifs is 3. The maximum absolute atomic E-state index is 13.8. The van der Waals surface area contributed by atoms with E-state index in [9.17, 15) is 52.8 Å². The molecule has 45 heavy (non-hydrogen) atoms. The number of phenolic OH excluding ortho intramolecular Hbond substituents is 1. The van der Waals surface area contributed by atoms with E-state index in [4.69, 9.17) is 23.3 Å². The first-order chi connectivity index (χ1) is 20.3. The molecule has 0 bridgehead atoms. The quantitative estimate of drug-likeness (QED) is 0.120. The van der Waals surface area contributed by atoms with Gasteiger partial charge in [0.15, 0.2) is 17.1 Å². The van der Waals surface area contributed by atoms with Gasteiger partial charge in [0.05, 0.1) is 17.3 Å². The molecule has 3 aliphatic carbocycles. The van der Waals surface area contributed by atoms with Gasteiger partial charge in [-0.15, -0.1) is 0 Å². The van der Waals surface area contributed by atoms with E-state index in [0.29, 0.717) is 0 Å². The summed E-state index contributed by atoms with van der Waals surface area (Å²) in [5, 5.41) is 46.1. The van der Waals surface area contributed by atoms with Crippen LogP contribution in [0.15, 0.2) is 28.7 Å². The number of hydrogen-bond donors (Lipinski definition) is 8. The van der Waals surface area contributed by atoms with Crippen LogP contribution in [0, 0.1) is 11.8 Å². The van der Waals surface area contributed by atoms with E-state index >= 15 is 0 Å². The number of halogens is 3. The van der Waals surface area contributed by atoms with E-state index < -0.39 is 103 Å². The number of anilines is 2. The van der Waals surface area contributed by atoms with Gasteiger partial charge >= 0.3 is 22.5 Å². The number of ketones is 2. The van der Waals surface area contributed by atoms with Crippen LogP contribution in [0.3, 0.4) is 0 Å². The maximum atomic E-state index is 13.8. The summed E-state index contributed by atoms with van der Waals surface area (Å²) in [5.74, 6) is -11.3. The molecular formula is C25H29F3N4O12S. The van der Waals surface area contributed by atoms with Gasteiger partial charge in [-0.1, -0.05) is 0 Å². The molecule has 4 rings (SSSR count). The fourth-order valence-corrected chi connectivity index (χ4v) is 5.99. The van der Waals surface area contributed by atoms with E-state index in [1.54, 1.807) is 0 Å². The van der Waals surface area contributed by atoms with Gasteiger partial charge in [0.1, 0.15) is 17.1 Å². The second-order valence-electron chi connectivity index (χ2n) is 10.9. The van der Waals surface area contributed by atoms with Gasteiger partial charge < -0.3 is 36.4 Å². The number of aliphatic hydroxyl groups is 3.